The van der Waals surface area contributed by atoms with E-state index in [1.54, 1.807) is 43.4 Å². The number of hydrogen-bond acceptors (Lipinski definition) is 7. The van der Waals surface area contributed by atoms with Gasteiger partial charge < -0.3 is 20.4 Å². The zero-order chi connectivity index (χ0) is 23.3. The van der Waals surface area contributed by atoms with Crippen LogP contribution in [0.1, 0.15) is 35.3 Å². The van der Waals surface area contributed by atoms with Crippen molar-refractivity contribution in [2.75, 3.05) is 30.4 Å². The van der Waals surface area contributed by atoms with Gasteiger partial charge in [-0.25, -0.2) is 18.7 Å². The topological polar surface area (TPSA) is 103 Å². The Balaban J connectivity index is 1.28. The first-order valence-corrected chi connectivity index (χ1v) is 11.0. The molecule has 2 aromatic rings. The van der Waals surface area contributed by atoms with Crippen molar-refractivity contribution in [2.24, 2.45) is 5.92 Å². The molecule has 9 nitrogen and oxygen atoms in total. The van der Waals surface area contributed by atoms with Gasteiger partial charge in [-0.1, -0.05) is 0 Å². The van der Waals surface area contributed by atoms with Gasteiger partial charge in [0.25, 0.3) is 11.8 Å². The van der Waals surface area contributed by atoms with Crippen molar-refractivity contribution in [3.63, 3.8) is 0 Å². The highest BCUT2D eigenvalue weighted by atomic mass is 19.3. The van der Waals surface area contributed by atoms with Crippen LogP contribution in [0.15, 0.2) is 24.5 Å². The lowest BCUT2D eigenvalue weighted by molar-refractivity contribution is -0.138. The summed E-state index contributed by atoms with van der Waals surface area (Å²) in [7, 11) is 1.55. The third-order valence-electron chi connectivity index (χ3n) is 6.60. The number of nitrogens with one attached hydrogen (secondary N) is 2. The summed E-state index contributed by atoms with van der Waals surface area (Å²) in [5.74, 6) is -3.55. The number of carbonyl (C=O) groups is 2. The molecule has 4 heterocycles. The Hall–Kier alpha value is -3.37. The molecule has 2 amide bonds. The fourth-order valence-corrected chi connectivity index (χ4v) is 4.82. The van der Waals surface area contributed by atoms with Gasteiger partial charge in [-0.2, -0.15) is 4.98 Å². The molecule has 1 saturated carbocycles. The summed E-state index contributed by atoms with van der Waals surface area (Å²) in [4.78, 5) is 41.3. The number of aromatic nitrogens is 3. The van der Waals surface area contributed by atoms with Gasteiger partial charge in [-0.3, -0.25) is 9.59 Å². The average Bonchev–Trinajstić information content (AvgIpc) is 3.36. The van der Waals surface area contributed by atoms with Gasteiger partial charge in [0.1, 0.15) is 17.4 Å². The molecular formula is C22H25F2N7O2. The van der Waals surface area contributed by atoms with E-state index in [1.165, 1.54) is 0 Å². The van der Waals surface area contributed by atoms with Crippen LogP contribution in [0, 0.1) is 12.8 Å². The molecule has 3 aliphatic rings. The van der Waals surface area contributed by atoms with Crippen LogP contribution in [0.25, 0.3) is 0 Å². The second-order valence-corrected chi connectivity index (χ2v) is 8.89. The number of fused-ring (bicyclic) bond motifs is 2. The fourth-order valence-electron chi connectivity index (χ4n) is 4.82. The van der Waals surface area contributed by atoms with Crippen LogP contribution in [-0.2, 0) is 4.79 Å². The molecule has 2 bridgehead atoms. The van der Waals surface area contributed by atoms with E-state index in [0.29, 0.717) is 41.8 Å². The van der Waals surface area contributed by atoms with E-state index < -0.39 is 17.7 Å². The maximum Gasteiger partial charge on any atom is 0.269 e. The van der Waals surface area contributed by atoms with Gasteiger partial charge in [0.15, 0.2) is 0 Å². The standard InChI is InChI=1S/C22H25F2N7O2/c1-12-7-13(9-27-18(12)19(32)25-2)28-21-26-6-5-17(29-21)30-10-14-3-4-15(11-30)31(14)20(33)16-8-22(16,23)24/h5-7,9,14-16H,3-4,8,10-11H2,1-2H3,(H,25,32)(H,26,28,29)/t14-,15?,16-/m0/s1. The molecule has 3 atom stereocenters. The van der Waals surface area contributed by atoms with Crippen molar-refractivity contribution in [1.82, 2.24) is 25.2 Å². The Morgan fingerprint density at radius 1 is 1.18 bits per heavy atom. The van der Waals surface area contributed by atoms with Crippen LogP contribution >= 0.6 is 0 Å². The first-order chi connectivity index (χ1) is 15.8. The highest BCUT2D eigenvalue weighted by molar-refractivity contribution is 5.93. The number of rotatable bonds is 5. The summed E-state index contributed by atoms with van der Waals surface area (Å²) in [6, 6.07) is 3.44. The molecule has 0 spiro atoms. The fraction of sp³-hybridized carbons (Fsp3) is 0.500. The van der Waals surface area contributed by atoms with Crippen molar-refractivity contribution in [3.8, 4) is 0 Å². The van der Waals surface area contributed by atoms with E-state index in [9.17, 15) is 18.4 Å². The molecule has 1 unspecified atom stereocenters. The van der Waals surface area contributed by atoms with E-state index in [1.807, 2.05) is 0 Å². The number of pyridine rings is 1. The van der Waals surface area contributed by atoms with Gasteiger partial charge in [0.05, 0.1) is 11.9 Å². The van der Waals surface area contributed by atoms with E-state index in [4.69, 9.17) is 0 Å². The molecule has 2 saturated heterocycles. The lowest BCUT2D eigenvalue weighted by atomic mass is 10.1. The Labute approximate surface area is 189 Å². The zero-order valence-corrected chi connectivity index (χ0v) is 18.4. The largest absolute Gasteiger partial charge is 0.354 e. The second kappa shape index (κ2) is 7.89. The second-order valence-electron chi connectivity index (χ2n) is 8.89. The molecule has 2 N–H and O–H groups in total. The number of piperazine rings is 1. The van der Waals surface area contributed by atoms with Gasteiger partial charge >= 0.3 is 0 Å². The lowest BCUT2D eigenvalue weighted by Gasteiger charge is -2.41. The van der Waals surface area contributed by atoms with E-state index >= 15 is 0 Å². The summed E-state index contributed by atoms with van der Waals surface area (Å²) in [5, 5.41) is 5.67. The molecule has 0 aromatic carbocycles. The molecule has 33 heavy (non-hydrogen) atoms. The third-order valence-corrected chi connectivity index (χ3v) is 6.60. The quantitative estimate of drug-likeness (QED) is 0.709. The number of aryl methyl sites for hydroxylation is 1. The van der Waals surface area contributed by atoms with Crippen molar-refractivity contribution in [2.45, 2.75) is 44.2 Å². The number of nitrogens with zero attached hydrogens (tertiary/aromatic N) is 5. The SMILES string of the molecule is CNC(=O)c1ncc(Nc2nccc(N3CC4CC[C@@H](C3)N4C(=O)[C@@H]3CC3(F)F)n2)cc1C. The molecule has 11 heteroatoms. The van der Waals surface area contributed by atoms with Crippen LogP contribution in [0.2, 0.25) is 0 Å². The van der Waals surface area contributed by atoms with Gasteiger partial charge in [-0.15, -0.1) is 0 Å². The van der Waals surface area contributed by atoms with Crippen LogP contribution < -0.4 is 15.5 Å². The minimum atomic E-state index is -2.84. The summed E-state index contributed by atoms with van der Waals surface area (Å²) in [5.41, 5.74) is 1.72. The van der Waals surface area contributed by atoms with Crippen molar-refractivity contribution >= 4 is 29.3 Å². The maximum absolute atomic E-state index is 13.4. The highest BCUT2D eigenvalue weighted by Crippen LogP contribution is 2.51. The Bertz CT molecular complexity index is 1100. The minimum Gasteiger partial charge on any atom is -0.354 e. The smallest absolute Gasteiger partial charge is 0.269 e. The van der Waals surface area contributed by atoms with Gasteiger partial charge in [-0.05, 0) is 37.5 Å². The monoisotopic (exact) mass is 457 g/mol. The normalized spacial score (nSPS) is 25.0. The minimum absolute atomic E-state index is 0.0804. The summed E-state index contributed by atoms with van der Waals surface area (Å²) in [6.07, 6.45) is 4.48. The molecule has 1 aliphatic carbocycles. The molecule has 3 fully saturated rings. The first-order valence-electron chi connectivity index (χ1n) is 11.0. The Morgan fingerprint density at radius 3 is 2.48 bits per heavy atom. The predicted octanol–water partition coefficient (Wildman–Crippen LogP) is 2.12. The molecule has 0 radical (unpaired) electrons. The zero-order valence-electron chi connectivity index (χ0n) is 18.4. The number of halogens is 2. The Morgan fingerprint density at radius 2 is 1.88 bits per heavy atom. The summed E-state index contributed by atoms with van der Waals surface area (Å²) in [6.45, 7) is 2.91. The maximum atomic E-state index is 13.4. The predicted molar refractivity (Wildman–Crippen MR) is 117 cm³/mol. The van der Waals surface area contributed by atoms with Crippen LogP contribution in [-0.4, -0.2) is 69.8 Å². The number of anilines is 3. The third kappa shape index (κ3) is 3.96. The number of amides is 2. The van der Waals surface area contributed by atoms with E-state index in [2.05, 4.69) is 30.5 Å². The first kappa shape index (κ1) is 21.5. The van der Waals surface area contributed by atoms with Crippen molar-refractivity contribution in [3.05, 3.63) is 35.8 Å². The molecular weight excluding hydrogens is 432 g/mol. The van der Waals surface area contributed by atoms with E-state index in [0.717, 1.165) is 12.8 Å². The van der Waals surface area contributed by atoms with E-state index in [-0.39, 0.29) is 24.4 Å². The number of hydrogen-bond donors (Lipinski definition) is 2. The molecule has 2 aliphatic heterocycles. The number of alkyl halides is 2. The van der Waals surface area contributed by atoms with Crippen molar-refractivity contribution in [1.29, 1.82) is 0 Å². The van der Waals surface area contributed by atoms with Crippen LogP contribution in [0.3, 0.4) is 0 Å². The average molecular weight is 457 g/mol. The van der Waals surface area contributed by atoms with Gasteiger partial charge in [0.2, 0.25) is 11.9 Å². The van der Waals surface area contributed by atoms with Crippen LogP contribution in [0.5, 0.6) is 0 Å². The van der Waals surface area contributed by atoms with Crippen molar-refractivity contribution < 1.29 is 18.4 Å². The Kier molecular flexibility index (Phi) is 5.13. The molecule has 174 valence electrons. The molecule has 5 rings (SSSR count). The van der Waals surface area contributed by atoms with Gasteiger partial charge in [0, 0.05) is 44.8 Å². The summed E-state index contributed by atoms with van der Waals surface area (Å²) < 4.78 is 26.9. The summed E-state index contributed by atoms with van der Waals surface area (Å²) >= 11 is 0. The lowest BCUT2D eigenvalue weighted by Crippen LogP contribution is -2.56. The van der Waals surface area contributed by atoms with Crippen LogP contribution in [0.4, 0.5) is 26.2 Å². The number of carbonyl (C=O) groups excluding carboxylic acids is 2. The highest BCUT2D eigenvalue weighted by Gasteiger charge is 2.64. The molecule has 2 aromatic heterocycles.